The highest BCUT2D eigenvalue weighted by Crippen LogP contribution is 2.23. The quantitative estimate of drug-likeness (QED) is 0.315. The van der Waals surface area contributed by atoms with Crippen LogP contribution in [0.15, 0.2) is 12.1 Å². The first kappa shape index (κ1) is 17.5. The number of esters is 1. The van der Waals surface area contributed by atoms with Crippen molar-refractivity contribution in [2.75, 3.05) is 37.7 Å². The minimum atomic E-state index is -0.198. The van der Waals surface area contributed by atoms with Crippen molar-refractivity contribution < 1.29 is 14.4 Å². The summed E-state index contributed by atoms with van der Waals surface area (Å²) >= 11 is 8.71. The zero-order valence-corrected chi connectivity index (χ0v) is 18.0. The summed E-state index contributed by atoms with van der Waals surface area (Å²) in [6, 6.07) is 3.96. The maximum atomic E-state index is 12.2. The molecule has 20 heavy (non-hydrogen) atoms. The number of nitrogens with one attached hydrogen (secondary N) is 1. The van der Waals surface area contributed by atoms with E-state index in [9.17, 15) is 4.79 Å². The van der Waals surface area contributed by atoms with Crippen molar-refractivity contribution in [3.63, 3.8) is 0 Å². The highest BCUT2D eigenvalue weighted by atomic mass is 127. The van der Waals surface area contributed by atoms with Crippen LogP contribution in [0.2, 0.25) is 0 Å². The fourth-order valence-electron chi connectivity index (χ4n) is 1.98. The van der Waals surface area contributed by atoms with Crippen molar-refractivity contribution in [1.29, 1.82) is 0 Å². The van der Waals surface area contributed by atoms with Gasteiger partial charge in [-0.05, 0) is 79.9 Å². The first-order chi connectivity index (χ1) is 9.58. The number of hydrogen-bond donors (Lipinski definition) is 1. The van der Waals surface area contributed by atoms with Crippen molar-refractivity contribution in [2.45, 2.75) is 0 Å². The van der Waals surface area contributed by atoms with Gasteiger partial charge in [-0.25, -0.2) is 4.79 Å². The molecule has 0 unspecified atom stereocenters. The van der Waals surface area contributed by atoms with Crippen LogP contribution in [0.4, 0.5) is 0 Å². The van der Waals surface area contributed by atoms with Crippen LogP contribution in [0.5, 0.6) is 0 Å². The van der Waals surface area contributed by atoms with Crippen LogP contribution in [0.3, 0.4) is 0 Å². The molecule has 2 rings (SSSR count). The highest BCUT2D eigenvalue weighted by Gasteiger charge is 2.17. The Balaban J connectivity index is 1.88. The van der Waals surface area contributed by atoms with Gasteiger partial charge in [0.15, 0.2) is 0 Å². The number of rotatable bonds is 4. The number of hydrogen-bond acceptors (Lipinski definition) is 3. The first-order valence-corrected chi connectivity index (χ1v) is 10.7. The fourth-order valence-corrected chi connectivity index (χ4v) is 5.43. The lowest BCUT2D eigenvalue weighted by Crippen LogP contribution is -3.14. The molecule has 1 aliphatic rings. The molecule has 1 aromatic carbocycles. The predicted octanol–water partition coefficient (Wildman–Crippen LogP) is 2.29. The molecule has 3 nitrogen and oxygen atoms in total. The van der Waals surface area contributed by atoms with Crippen molar-refractivity contribution in [2.24, 2.45) is 0 Å². The van der Waals surface area contributed by atoms with E-state index in [1.807, 2.05) is 17.8 Å². The van der Waals surface area contributed by atoms with Crippen LogP contribution in [0, 0.1) is 10.7 Å². The molecule has 7 heteroatoms. The number of benzene rings is 1. The largest absolute Gasteiger partial charge is 0.456 e. The van der Waals surface area contributed by atoms with E-state index in [1.165, 1.54) is 24.6 Å². The molecule has 0 radical (unpaired) electrons. The fraction of sp³-hybridized carbons (Fsp3) is 0.462. The Morgan fingerprint density at radius 3 is 2.65 bits per heavy atom. The average Bonchev–Trinajstić information content (AvgIpc) is 2.44. The molecule has 0 spiro atoms. The molecule has 0 bridgehead atoms. The van der Waals surface area contributed by atoms with Crippen LogP contribution in [0.25, 0.3) is 0 Å². The van der Waals surface area contributed by atoms with Gasteiger partial charge in [-0.15, -0.1) is 0 Å². The minimum absolute atomic E-state index is 0.198. The Labute approximate surface area is 164 Å². The minimum Gasteiger partial charge on any atom is -0.456 e. The summed E-state index contributed by atoms with van der Waals surface area (Å²) in [5.74, 6) is 2.24. The Bertz CT molecular complexity index is 493. The molecule has 0 atom stereocenters. The van der Waals surface area contributed by atoms with Crippen LogP contribution >= 0.6 is 79.5 Å². The molecule has 1 heterocycles. The third kappa shape index (κ3) is 5.13. The summed E-state index contributed by atoms with van der Waals surface area (Å²) in [6.45, 7) is 3.79. The van der Waals surface area contributed by atoms with E-state index < -0.39 is 0 Å². The van der Waals surface area contributed by atoms with Crippen LogP contribution in [0.1, 0.15) is 10.4 Å². The summed E-state index contributed by atoms with van der Waals surface area (Å²) < 4.78 is 8.59. The lowest BCUT2D eigenvalue weighted by Gasteiger charge is -2.22. The van der Waals surface area contributed by atoms with E-state index in [4.69, 9.17) is 4.74 Å². The number of halogens is 3. The number of quaternary nitrogens is 1. The van der Waals surface area contributed by atoms with Gasteiger partial charge in [-0.1, -0.05) is 0 Å². The van der Waals surface area contributed by atoms with Crippen molar-refractivity contribution >= 4 is 85.5 Å². The topological polar surface area (TPSA) is 30.7 Å². The third-order valence-electron chi connectivity index (χ3n) is 3.10. The molecule has 110 valence electrons. The monoisotopic (exact) mass is 630 g/mol. The molecule has 0 aromatic heterocycles. The zero-order valence-electron chi connectivity index (χ0n) is 10.8. The highest BCUT2D eigenvalue weighted by molar-refractivity contribution is 14.1. The van der Waals surface area contributed by atoms with Gasteiger partial charge in [0.1, 0.15) is 13.2 Å². The number of carbonyl (C=O) groups excluding carboxylic acids is 1. The molecule has 1 N–H and O–H groups in total. The molecule has 0 saturated carbocycles. The molecule has 1 fully saturated rings. The number of thioether (sulfide) groups is 1. The molecular weight excluding hydrogens is 615 g/mol. The second-order valence-electron chi connectivity index (χ2n) is 4.50. The molecule has 0 aliphatic carbocycles. The third-order valence-corrected chi connectivity index (χ3v) is 7.76. The summed E-state index contributed by atoms with van der Waals surface area (Å²) in [5, 5.41) is 0. The summed E-state index contributed by atoms with van der Waals surface area (Å²) in [5.41, 5.74) is 0.686. The summed E-state index contributed by atoms with van der Waals surface area (Å²) in [6.07, 6.45) is 0. The average molecular weight is 630 g/mol. The summed E-state index contributed by atoms with van der Waals surface area (Å²) in [4.78, 5) is 13.7. The SMILES string of the molecule is O=C(OCC[NH+]1CCSCC1)c1cc(I)cc(I)c1I. The second kappa shape index (κ2) is 8.73. The van der Waals surface area contributed by atoms with Gasteiger partial charge < -0.3 is 9.64 Å². The van der Waals surface area contributed by atoms with E-state index in [0.29, 0.717) is 12.2 Å². The van der Waals surface area contributed by atoms with Gasteiger partial charge >= 0.3 is 5.97 Å². The van der Waals surface area contributed by atoms with E-state index in [1.54, 1.807) is 4.90 Å². The van der Waals surface area contributed by atoms with Crippen LogP contribution < -0.4 is 4.90 Å². The number of ether oxygens (including phenoxy) is 1. The normalized spacial score (nSPS) is 16.1. The Hall–Kier alpha value is 1.19. The lowest BCUT2D eigenvalue weighted by molar-refractivity contribution is -0.896. The second-order valence-corrected chi connectivity index (χ2v) is 9.21. The van der Waals surface area contributed by atoms with E-state index >= 15 is 0 Å². The zero-order chi connectivity index (χ0) is 14.5. The molecule has 1 saturated heterocycles. The Kier molecular flexibility index (Phi) is 7.65. The molecule has 1 aromatic rings. The lowest BCUT2D eigenvalue weighted by atomic mass is 10.2. The van der Waals surface area contributed by atoms with Crippen molar-refractivity contribution in [3.05, 3.63) is 28.4 Å². The van der Waals surface area contributed by atoms with Gasteiger partial charge in [-0.3, -0.25) is 0 Å². The Morgan fingerprint density at radius 2 is 1.95 bits per heavy atom. The standard InChI is InChI=1S/C13H14I3NO2S/c14-9-7-10(12(16)11(15)8-9)13(18)19-4-1-17-2-5-20-6-3-17/h7-8H,1-6H2/p+1. The summed E-state index contributed by atoms with van der Waals surface area (Å²) in [7, 11) is 0. The van der Waals surface area contributed by atoms with E-state index in [-0.39, 0.29) is 5.97 Å². The Morgan fingerprint density at radius 1 is 1.25 bits per heavy atom. The van der Waals surface area contributed by atoms with Gasteiger partial charge in [0, 0.05) is 22.2 Å². The maximum Gasteiger partial charge on any atom is 0.339 e. The molecule has 1 aliphatic heterocycles. The van der Waals surface area contributed by atoms with Crippen LogP contribution in [-0.4, -0.2) is 43.7 Å². The van der Waals surface area contributed by atoms with Gasteiger partial charge in [-0.2, -0.15) is 11.8 Å². The van der Waals surface area contributed by atoms with Gasteiger partial charge in [0.25, 0.3) is 0 Å². The van der Waals surface area contributed by atoms with Crippen LogP contribution in [-0.2, 0) is 4.74 Å². The smallest absolute Gasteiger partial charge is 0.339 e. The first-order valence-electron chi connectivity index (χ1n) is 6.31. The number of carbonyl (C=O) groups is 1. The molecule has 0 amide bonds. The van der Waals surface area contributed by atoms with Crippen molar-refractivity contribution in [1.82, 2.24) is 0 Å². The predicted molar refractivity (Wildman–Crippen MR) is 108 cm³/mol. The van der Waals surface area contributed by atoms with E-state index in [0.717, 1.165) is 17.3 Å². The van der Waals surface area contributed by atoms with Gasteiger partial charge in [0.05, 0.1) is 18.7 Å². The maximum absolute atomic E-state index is 12.2. The van der Waals surface area contributed by atoms with Gasteiger partial charge in [0.2, 0.25) is 0 Å². The van der Waals surface area contributed by atoms with Crippen molar-refractivity contribution in [3.8, 4) is 0 Å². The molecular formula is C13H15I3NO2S+. The van der Waals surface area contributed by atoms with E-state index in [2.05, 4.69) is 73.8 Å².